The van der Waals surface area contributed by atoms with E-state index in [1.165, 1.54) is 26.1 Å². The van der Waals surface area contributed by atoms with E-state index in [1.807, 2.05) is 29.6 Å². The minimum absolute atomic E-state index is 0.638. The molecule has 3 aromatic heterocycles. The number of hydrogen-bond donors (Lipinski definition) is 0. The van der Waals surface area contributed by atoms with Crippen LogP contribution in [-0.2, 0) is 6.42 Å². The van der Waals surface area contributed by atoms with E-state index in [0.717, 1.165) is 79.7 Å². The molecule has 1 aliphatic carbocycles. The van der Waals surface area contributed by atoms with Crippen molar-refractivity contribution in [2.24, 2.45) is 0 Å². The largest absolute Gasteiger partial charge is 0.456 e. The first-order chi connectivity index (χ1) is 28.1. The highest BCUT2D eigenvalue weighted by atomic mass is 32.1. The molecule has 1 aliphatic rings. The Balaban J connectivity index is 1.12. The molecule has 5 heteroatoms. The number of fused-ring (bicyclic) bond motifs is 4. The summed E-state index contributed by atoms with van der Waals surface area (Å²) in [6, 6.07) is 51.1. The number of furan rings is 1. The number of allylic oxidation sites excluding steroid dienone is 3. The normalized spacial score (nSPS) is 12.6. The van der Waals surface area contributed by atoms with Gasteiger partial charge in [-0.1, -0.05) is 158 Å². The fourth-order valence-corrected chi connectivity index (χ4v) is 9.27. The van der Waals surface area contributed by atoms with Crippen LogP contribution in [0, 0.1) is 6.92 Å². The predicted molar refractivity (Wildman–Crippen MR) is 238 cm³/mol. The zero-order valence-corrected chi connectivity index (χ0v) is 32.3. The van der Waals surface area contributed by atoms with Crippen LogP contribution in [0.5, 0.6) is 0 Å². The number of nitrogens with zero attached hydrogens (tertiary/aromatic N) is 3. The SMILES string of the molecule is C=C/C=C\c1oc2ccc(-c3ccccc3)c(-c3ccc(-c4nc(C5=CCCc6sc7ccccc7c65)nc(-c5ccc(-c6ccccc6)cc5)n4)cc3)c2c1C. The van der Waals surface area contributed by atoms with Crippen molar-refractivity contribution in [2.45, 2.75) is 19.8 Å². The Morgan fingerprint density at radius 3 is 1.89 bits per heavy atom. The molecule has 0 fully saturated rings. The van der Waals surface area contributed by atoms with Gasteiger partial charge < -0.3 is 4.42 Å². The van der Waals surface area contributed by atoms with Gasteiger partial charge in [0.2, 0.25) is 0 Å². The van der Waals surface area contributed by atoms with Gasteiger partial charge in [-0.15, -0.1) is 11.3 Å². The molecular formula is C52H37N3OS. The zero-order chi connectivity index (χ0) is 38.3. The van der Waals surface area contributed by atoms with Crippen LogP contribution in [0.2, 0.25) is 0 Å². The summed E-state index contributed by atoms with van der Waals surface area (Å²) in [4.78, 5) is 17.0. The van der Waals surface area contributed by atoms with Crippen LogP contribution in [0.25, 0.3) is 88.9 Å². The lowest BCUT2D eigenvalue weighted by atomic mass is 9.90. The molecule has 0 saturated carbocycles. The number of benzene rings is 6. The van der Waals surface area contributed by atoms with Crippen molar-refractivity contribution in [1.29, 1.82) is 0 Å². The molecule has 0 spiro atoms. The second kappa shape index (κ2) is 14.6. The fraction of sp³-hybridized carbons (Fsp3) is 0.0577. The second-order valence-electron chi connectivity index (χ2n) is 14.3. The summed E-state index contributed by atoms with van der Waals surface area (Å²) in [6.45, 7) is 5.98. The zero-order valence-electron chi connectivity index (χ0n) is 31.4. The number of aryl methyl sites for hydroxylation is 2. The molecule has 0 amide bonds. The first kappa shape index (κ1) is 34.5. The molecule has 0 aliphatic heterocycles. The molecule has 3 heterocycles. The fourth-order valence-electron chi connectivity index (χ4n) is 8.03. The highest BCUT2D eigenvalue weighted by Gasteiger charge is 2.24. The van der Waals surface area contributed by atoms with Gasteiger partial charge in [-0.2, -0.15) is 0 Å². The average Bonchev–Trinajstić information content (AvgIpc) is 3.82. The Morgan fingerprint density at radius 2 is 1.19 bits per heavy atom. The minimum Gasteiger partial charge on any atom is -0.456 e. The smallest absolute Gasteiger partial charge is 0.164 e. The van der Waals surface area contributed by atoms with Crippen LogP contribution in [0.15, 0.2) is 175 Å². The van der Waals surface area contributed by atoms with Crippen LogP contribution >= 0.6 is 11.3 Å². The summed E-state index contributed by atoms with van der Waals surface area (Å²) in [7, 11) is 0. The van der Waals surface area contributed by atoms with Gasteiger partial charge in [0, 0.05) is 53.7 Å². The molecule has 0 atom stereocenters. The maximum atomic E-state index is 6.39. The van der Waals surface area contributed by atoms with E-state index in [0.29, 0.717) is 17.5 Å². The summed E-state index contributed by atoms with van der Waals surface area (Å²) in [5.74, 6) is 2.81. The van der Waals surface area contributed by atoms with Crippen molar-refractivity contribution in [1.82, 2.24) is 15.0 Å². The van der Waals surface area contributed by atoms with Crippen molar-refractivity contribution in [3.63, 3.8) is 0 Å². The highest BCUT2D eigenvalue weighted by molar-refractivity contribution is 7.19. The van der Waals surface area contributed by atoms with E-state index >= 15 is 0 Å². The molecular weight excluding hydrogens is 715 g/mol. The maximum absolute atomic E-state index is 6.39. The van der Waals surface area contributed by atoms with Gasteiger partial charge in [0.15, 0.2) is 17.5 Å². The van der Waals surface area contributed by atoms with Gasteiger partial charge in [0.1, 0.15) is 11.3 Å². The Labute approximate surface area is 335 Å². The summed E-state index contributed by atoms with van der Waals surface area (Å²) < 4.78 is 7.68. The van der Waals surface area contributed by atoms with E-state index in [4.69, 9.17) is 19.4 Å². The average molecular weight is 752 g/mol. The Bertz CT molecular complexity index is 3010. The van der Waals surface area contributed by atoms with E-state index in [2.05, 4.69) is 159 Å². The summed E-state index contributed by atoms with van der Waals surface area (Å²) in [5.41, 5.74) is 13.0. The quantitative estimate of drug-likeness (QED) is 0.145. The van der Waals surface area contributed by atoms with E-state index in [9.17, 15) is 0 Å². The Hall–Kier alpha value is -6.95. The molecule has 0 N–H and O–H groups in total. The number of aromatic nitrogens is 3. The molecule has 57 heavy (non-hydrogen) atoms. The monoisotopic (exact) mass is 751 g/mol. The van der Waals surface area contributed by atoms with Crippen molar-refractivity contribution in [3.05, 3.63) is 198 Å². The Morgan fingerprint density at radius 1 is 0.596 bits per heavy atom. The Kier molecular flexibility index (Phi) is 8.85. The molecule has 272 valence electrons. The lowest BCUT2D eigenvalue weighted by Gasteiger charge is -2.16. The predicted octanol–water partition coefficient (Wildman–Crippen LogP) is 14.1. The standard InChI is InChI=1S/C52H37N3OS/c1-3-4-20-43-33(2)47-44(56-43)32-31-40(36-16-9-6-10-17-36)48(47)37-25-29-39(30-26-37)51-53-50(38-27-23-35(24-28-38)34-14-7-5-8-15-34)54-52(55-51)42-19-13-22-46-49(42)41-18-11-12-21-45(41)57-46/h3-12,14-21,23-32H,1,13,22H2,2H3/b20-4-. The topological polar surface area (TPSA) is 51.8 Å². The van der Waals surface area contributed by atoms with Gasteiger partial charge >= 0.3 is 0 Å². The minimum atomic E-state index is 0.638. The van der Waals surface area contributed by atoms with E-state index in [1.54, 1.807) is 6.08 Å². The van der Waals surface area contributed by atoms with Crippen molar-refractivity contribution in [2.75, 3.05) is 0 Å². The van der Waals surface area contributed by atoms with Gasteiger partial charge in [0.05, 0.1) is 0 Å². The van der Waals surface area contributed by atoms with Crippen molar-refractivity contribution >= 4 is 44.0 Å². The van der Waals surface area contributed by atoms with Crippen molar-refractivity contribution < 1.29 is 4.42 Å². The van der Waals surface area contributed by atoms with Gasteiger partial charge in [-0.05, 0) is 65.8 Å². The summed E-state index contributed by atoms with van der Waals surface area (Å²) in [5, 5.41) is 2.35. The van der Waals surface area contributed by atoms with Crippen LogP contribution in [-0.4, -0.2) is 15.0 Å². The first-order valence-electron chi connectivity index (χ1n) is 19.3. The molecule has 9 aromatic rings. The third-order valence-electron chi connectivity index (χ3n) is 10.8. The number of thiophene rings is 1. The first-order valence-corrected chi connectivity index (χ1v) is 20.1. The molecule has 0 bridgehead atoms. The summed E-state index contributed by atoms with van der Waals surface area (Å²) in [6.07, 6.45) is 9.93. The lowest BCUT2D eigenvalue weighted by molar-refractivity contribution is 0.601. The number of rotatable bonds is 8. The maximum Gasteiger partial charge on any atom is 0.164 e. The van der Waals surface area contributed by atoms with Crippen LogP contribution in [0.4, 0.5) is 0 Å². The van der Waals surface area contributed by atoms with Crippen LogP contribution in [0.1, 0.15) is 34.0 Å². The molecule has 10 rings (SSSR count). The number of hydrogen-bond acceptors (Lipinski definition) is 5. The van der Waals surface area contributed by atoms with Gasteiger partial charge in [0.25, 0.3) is 0 Å². The van der Waals surface area contributed by atoms with E-state index in [-0.39, 0.29) is 0 Å². The second-order valence-corrected chi connectivity index (χ2v) is 15.4. The molecule has 0 saturated heterocycles. The third kappa shape index (κ3) is 6.32. The highest BCUT2D eigenvalue weighted by Crippen LogP contribution is 2.44. The molecule has 0 unspecified atom stereocenters. The molecule has 4 nitrogen and oxygen atoms in total. The third-order valence-corrected chi connectivity index (χ3v) is 12.0. The summed E-state index contributed by atoms with van der Waals surface area (Å²) >= 11 is 1.88. The molecule has 6 aromatic carbocycles. The van der Waals surface area contributed by atoms with E-state index < -0.39 is 0 Å². The van der Waals surface area contributed by atoms with Crippen molar-refractivity contribution in [3.8, 4) is 56.2 Å². The van der Waals surface area contributed by atoms with Crippen LogP contribution in [0.3, 0.4) is 0 Å². The van der Waals surface area contributed by atoms with Gasteiger partial charge in [-0.25, -0.2) is 15.0 Å². The van der Waals surface area contributed by atoms with Crippen LogP contribution < -0.4 is 0 Å². The lowest BCUT2D eigenvalue weighted by Crippen LogP contribution is -2.06. The van der Waals surface area contributed by atoms with Gasteiger partial charge in [-0.3, -0.25) is 0 Å². The molecule has 0 radical (unpaired) electrons.